The zero-order valence-corrected chi connectivity index (χ0v) is 16.2. The van der Waals surface area contributed by atoms with Gasteiger partial charge in [0.05, 0.1) is 11.4 Å². The number of nitrogens with zero attached hydrogens (tertiary/aromatic N) is 2. The molecule has 0 amide bonds. The van der Waals surface area contributed by atoms with Crippen LogP contribution in [-0.2, 0) is 12.8 Å². The van der Waals surface area contributed by atoms with Gasteiger partial charge in [0, 0.05) is 28.6 Å². The van der Waals surface area contributed by atoms with E-state index in [1.807, 2.05) is 41.1 Å². The molecule has 2 aromatic carbocycles. The predicted molar refractivity (Wildman–Crippen MR) is 109 cm³/mol. The van der Waals surface area contributed by atoms with E-state index < -0.39 is 0 Å². The average Bonchev–Trinajstić information content (AvgIpc) is 2.81. The number of aromatic nitrogens is 2. The van der Waals surface area contributed by atoms with Crippen molar-refractivity contribution in [3.63, 3.8) is 0 Å². The van der Waals surface area contributed by atoms with Crippen molar-refractivity contribution in [3.05, 3.63) is 74.9 Å². The number of benzene rings is 2. The standard InChI is InChI=1S/C21H21Cl2N3/c1-14-9-10-16(22)13-20(14)26-21-17(7-4-5-11-24-21)19(25-26)12-15-6-2-3-8-18(15)23/h2-3,6,8-10,13,24H,4-5,7,11-12H2,1H3. The predicted octanol–water partition coefficient (Wildman–Crippen LogP) is 5.83. The fourth-order valence-electron chi connectivity index (χ4n) is 3.52. The number of halogens is 2. The Kier molecular flexibility index (Phi) is 4.92. The van der Waals surface area contributed by atoms with Crippen molar-refractivity contribution in [2.45, 2.75) is 32.6 Å². The van der Waals surface area contributed by atoms with E-state index in [9.17, 15) is 0 Å². The Morgan fingerprint density at radius 2 is 1.96 bits per heavy atom. The molecule has 0 atom stereocenters. The van der Waals surface area contributed by atoms with Crippen molar-refractivity contribution < 1.29 is 0 Å². The fourth-order valence-corrected chi connectivity index (χ4v) is 3.89. The molecule has 0 saturated carbocycles. The second kappa shape index (κ2) is 7.34. The fraction of sp³-hybridized carbons (Fsp3) is 0.286. The minimum absolute atomic E-state index is 0.719. The van der Waals surface area contributed by atoms with Gasteiger partial charge in [-0.1, -0.05) is 47.5 Å². The summed E-state index contributed by atoms with van der Waals surface area (Å²) in [4.78, 5) is 0. The number of hydrogen-bond donors (Lipinski definition) is 1. The van der Waals surface area contributed by atoms with Crippen LogP contribution >= 0.6 is 23.2 Å². The molecule has 26 heavy (non-hydrogen) atoms. The molecule has 0 unspecified atom stereocenters. The first-order valence-electron chi connectivity index (χ1n) is 8.98. The molecule has 3 aromatic rings. The van der Waals surface area contributed by atoms with Gasteiger partial charge >= 0.3 is 0 Å². The molecule has 4 rings (SSSR count). The molecule has 3 nitrogen and oxygen atoms in total. The van der Waals surface area contributed by atoms with Crippen molar-refractivity contribution >= 4 is 29.0 Å². The first kappa shape index (κ1) is 17.4. The van der Waals surface area contributed by atoms with Crippen LogP contribution in [0.15, 0.2) is 42.5 Å². The molecule has 1 N–H and O–H groups in total. The summed E-state index contributed by atoms with van der Waals surface area (Å²) in [6, 6.07) is 13.9. The molecule has 1 aromatic heterocycles. The summed E-state index contributed by atoms with van der Waals surface area (Å²) in [6.07, 6.45) is 4.09. The Labute approximate surface area is 163 Å². The molecular formula is C21H21Cl2N3. The molecule has 0 spiro atoms. The molecular weight excluding hydrogens is 365 g/mol. The van der Waals surface area contributed by atoms with Gasteiger partial charge in [-0.3, -0.25) is 0 Å². The number of anilines is 1. The second-order valence-corrected chi connectivity index (χ2v) is 7.61. The highest BCUT2D eigenvalue weighted by Gasteiger charge is 2.22. The third kappa shape index (κ3) is 3.34. The van der Waals surface area contributed by atoms with Gasteiger partial charge in [-0.05, 0) is 55.5 Å². The van der Waals surface area contributed by atoms with Crippen LogP contribution in [0.2, 0.25) is 10.0 Å². The maximum atomic E-state index is 6.39. The van der Waals surface area contributed by atoms with Gasteiger partial charge < -0.3 is 5.32 Å². The summed E-state index contributed by atoms with van der Waals surface area (Å²) < 4.78 is 2.02. The summed E-state index contributed by atoms with van der Waals surface area (Å²) in [6.45, 7) is 3.05. The molecule has 0 bridgehead atoms. The van der Waals surface area contributed by atoms with Crippen LogP contribution in [0.25, 0.3) is 5.69 Å². The average molecular weight is 386 g/mol. The van der Waals surface area contributed by atoms with Crippen LogP contribution in [0.1, 0.15) is 35.2 Å². The Bertz CT molecular complexity index is 946. The molecule has 1 aliphatic rings. The third-order valence-electron chi connectivity index (χ3n) is 4.93. The largest absolute Gasteiger partial charge is 0.370 e. The van der Waals surface area contributed by atoms with Crippen LogP contribution < -0.4 is 5.32 Å². The molecule has 0 aliphatic carbocycles. The summed E-state index contributed by atoms with van der Waals surface area (Å²) >= 11 is 12.7. The van der Waals surface area contributed by atoms with Gasteiger partial charge in [0.2, 0.25) is 0 Å². The lowest BCUT2D eigenvalue weighted by atomic mass is 10.0. The SMILES string of the molecule is Cc1ccc(Cl)cc1-n1nc(Cc2ccccc2Cl)c2c1NCCCC2. The van der Waals surface area contributed by atoms with Gasteiger partial charge in [0.25, 0.3) is 0 Å². The highest BCUT2D eigenvalue weighted by atomic mass is 35.5. The van der Waals surface area contributed by atoms with E-state index >= 15 is 0 Å². The molecule has 1 aliphatic heterocycles. The van der Waals surface area contributed by atoms with Crippen LogP contribution in [0.3, 0.4) is 0 Å². The van der Waals surface area contributed by atoms with Gasteiger partial charge in [-0.25, -0.2) is 4.68 Å². The minimum atomic E-state index is 0.719. The van der Waals surface area contributed by atoms with E-state index in [-0.39, 0.29) is 0 Å². The molecule has 134 valence electrons. The lowest BCUT2D eigenvalue weighted by Gasteiger charge is -2.12. The zero-order chi connectivity index (χ0) is 18.1. The number of hydrogen-bond acceptors (Lipinski definition) is 2. The minimum Gasteiger partial charge on any atom is -0.370 e. The maximum Gasteiger partial charge on any atom is 0.133 e. The van der Waals surface area contributed by atoms with Crippen molar-refractivity contribution in [2.75, 3.05) is 11.9 Å². The molecule has 0 saturated heterocycles. The number of fused-ring (bicyclic) bond motifs is 1. The monoisotopic (exact) mass is 385 g/mol. The number of rotatable bonds is 3. The smallest absolute Gasteiger partial charge is 0.133 e. The lowest BCUT2D eigenvalue weighted by molar-refractivity contribution is 0.767. The highest BCUT2D eigenvalue weighted by Crippen LogP contribution is 2.32. The first-order valence-corrected chi connectivity index (χ1v) is 9.73. The van der Waals surface area contributed by atoms with E-state index in [2.05, 4.69) is 18.3 Å². The first-order chi connectivity index (χ1) is 12.6. The van der Waals surface area contributed by atoms with Crippen molar-refractivity contribution in [3.8, 4) is 5.69 Å². The molecule has 5 heteroatoms. The van der Waals surface area contributed by atoms with Crippen molar-refractivity contribution in [1.82, 2.24) is 9.78 Å². The normalized spacial score (nSPS) is 13.8. The summed E-state index contributed by atoms with van der Waals surface area (Å²) in [5, 5.41) is 10.1. The molecule has 0 radical (unpaired) electrons. The Morgan fingerprint density at radius 3 is 2.81 bits per heavy atom. The number of aryl methyl sites for hydroxylation is 1. The second-order valence-electron chi connectivity index (χ2n) is 6.77. The van der Waals surface area contributed by atoms with Crippen molar-refractivity contribution in [2.24, 2.45) is 0 Å². The van der Waals surface area contributed by atoms with E-state index in [1.165, 1.54) is 5.56 Å². The summed E-state index contributed by atoms with van der Waals surface area (Å²) in [7, 11) is 0. The van der Waals surface area contributed by atoms with Gasteiger partial charge in [-0.2, -0.15) is 5.10 Å². The lowest BCUT2D eigenvalue weighted by Crippen LogP contribution is -2.08. The van der Waals surface area contributed by atoms with Crippen molar-refractivity contribution in [1.29, 1.82) is 0 Å². The van der Waals surface area contributed by atoms with Crippen LogP contribution in [0.5, 0.6) is 0 Å². The Balaban J connectivity index is 1.84. The quantitative estimate of drug-likeness (QED) is 0.614. The third-order valence-corrected chi connectivity index (χ3v) is 5.53. The van der Waals surface area contributed by atoms with Crippen LogP contribution in [-0.4, -0.2) is 16.3 Å². The number of nitrogens with one attached hydrogen (secondary N) is 1. The van der Waals surface area contributed by atoms with Gasteiger partial charge in [0.15, 0.2) is 0 Å². The van der Waals surface area contributed by atoms with Gasteiger partial charge in [0.1, 0.15) is 5.82 Å². The Morgan fingerprint density at radius 1 is 1.12 bits per heavy atom. The van der Waals surface area contributed by atoms with E-state index in [4.69, 9.17) is 28.3 Å². The van der Waals surface area contributed by atoms with Crippen LogP contribution in [0.4, 0.5) is 5.82 Å². The summed E-state index contributed by atoms with van der Waals surface area (Å²) in [5.41, 5.74) is 5.65. The van der Waals surface area contributed by atoms with Crippen LogP contribution in [0, 0.1) is 6.92 Å². The van der Waals surface area contributed by atoms with E-state index in [0.717, 1.165) is 70.6 Å². The van der Waals surface area contributed by atoms with E-state index in [1.54, 1.807) is 0 Å². The Hall–Kier alpha value is -1.97. The molecule has 2 heterocycles. The highest BCUT2D eigenvalue weighted by molar-refractivity contribution is 6.31. The zero-order valence-electron chi connectivity index (χ0n) is 14.7. The van der Waals surface area contributed by atoms with Gasteiger partial charge in [-0.15, -0.1) is 0 Å². The molecule has 0 fully saturated rings. The summed E-state index contributed by atoms with van der Waals surface area (Å²) in [5.74, 6) is 1.09. The topological polar surface area (TPSA) is 29.9 Å². The van der Waals surface area contributed by atoms with E-state index in [0.29, 0.717) is 0 Å². The maximum absolute atomic E-state index is 6.39.